The number of nitrogens with zero attached hydrogens (tertiary/aromatic N) is 1. The summed E-state index contributed by atoms with van der Waals surface area (Å²) in [7, 11) is -1.91. The summed E-state index contributed by atoms with van der Waals surface area (Å²) in [6, 6.07) is 14.9. The van der Waals surface area contributed by atoms with Crippen molar-refractivity contribution < 1.29 is 4.57 Å². The molecule has 2 nitrogen and oxygen atoms in total. The van der Waals surface area contributed by atoms with E-state index in [9.17, 15) is 4.57 Å². The molecule has 70 valence electrons. The first-order chi connectivity index (χ1) is 6.88. The highest BCUT2D eigenvalue weighted by atomic mass is 31.1. The van der Waals surface area contributed by atoms with E-state index in [1.165, 1.54) is 0 Å². The fraction of sp³-hybridized carbons (Fsp3) is 0. The van der Waals surface area contributed by atoms with Crippen molar-refractivity contribution in [2.75, 3.05) is 0 Å². The van der Waals surface area contributed by atoms with Gasteiger partial charge in [-0.05, 0) is 12.1 Å². The van der Waals surface area contributed by atoms with Gasteiger partial charge < -0.3 is 4.57 Å². The van der Waals surface area contributed by atoms with E-state index in [2.05, 4.69) is 4.98 Å². The molecule has 2 rings (SSSR count). The molecule has 0 N–H and O–H groups in total. The number of hydrogen-bond donors (Lipinski definition) is 0. The van der Waals surface area contributed by atoms with Crippen molar-refractivity contribution in [1.29, 1.82) is 0 Å². The molecule has 3 heteroatoms. The Hall–Kier alpha value is -1.40. The molecule has 0 saturated carbocycles. The van der Waals surface area contributed by atoms with Crippen LogP contribution in [0, 0.1) is 0 Å². The first kappa shape index (κ1) is 9.17. The van der Waals surface area contributed by atoms with Gasteiger partial charge in [0.2, 0.25) is 0 Å². The van der Waals surface area contributed by atoms with Crippen molar-refractivity contribution in [3.63, 3.8) is 0 Å². The van der Waals surface area contributed by atoms with Crippen LogP contribution >= 0.6 is 7.80 Å². The van der Waals surface area contributed by atoms with Crippen molar-refractivity contribution in [2.24, 2.45) is 0 Å². The zero-order chi connectivity index (χ0) is 9.80. The number of benzene rings is 1. The molecule has 0 bridgehead atoms. The van der Waals surface area contributed by atoms with E-state index < -0.39 is 7.80 Å². The van der Waals surface area contributed by atoms with Gasteiger partial charge in [-0.2, -0.15) is 0 Å². The van der Waals surface area contributed by atoms with Crippen LogP contribution in [0.1, 0.15) is 0 Å². The number of rotatable bonds is 2. The van der Waals surface area contributed by atoms with Crippen LogP contribution in [-0.4, -0.2) is 4.98 Å². The molecular weight excluding hydrogens is 193 g/mol. The lowest BCUT2D eigenvalue weighted by atomic mass is 10.4. The van der Waals surface area contributed by atoms with Gasteiger partial charge in [0, 0.05) is 11.5 Å². The molecule has 1 aromatic heterocycles. The first-order valence-corrected chi connectivity index (χ1v) is 5.79. The van der Waals surface area contributed by atoms with Gasteiger partial charge in [0.25, 0.3) is 0 Å². The van der Waals surface area contributed by atoms with Crippen molar-refractivity contribution in [1.82, 2.24) is 4.98 Å². The molecule has 0 amide bonds. The van der Waals surface area contributed by atoms with E-state index in [0.717, 1.165) is 5.30 Å². The molecular formula is C11H10NOP. The molecule has 2 aromatic rings. The van der Waals surface area contributed by atoms with Gasteiger partial charge in [0.15, 0.2) is 0 Å². The Labute approximate surface area is 83.4 Å². The lowest BCUT2D eigenvalue weighted by Gasteiger charge is -2.00. The fourth-order valence-electron chi connectivity index (χ4n) is 1.23. The van der Waals surface area contributed by atoms with Crippen LogP contribution in [0.4, 0.5) is 0 Å². The maximum Gasteiger partial charge on any atom is 0.149 e. The van der Waals surface area contributed by atoms with Crippen LogP contribution < -0.4 is 10.7 Å². The van der Waals surface area contributed by atoms with E-state index in [0.29, 0.717) is 5.44 Å². The molecule has 0 aliphatic heterocycles. The van der Waals surface area contributed by atoms with Crippen molar-refractivity contribution in [2.45, 2.75) is 0 Å². The second kappa shape index (κ2) is 4.21. The summed E-state index contributed by atoms with van der Waals surface area (Å²) in [6.07, 6.45) is 1.67. The van der Waals surface area contributed by atoms with Crippen molar-refractivity contribution in [3.05, 3.63) is 54.7 Å². The summed E-state index contributed by atoms with van der Waals surface area (Å²) in [5.41, 5.74) is 0.670. The molecule has 0 aliphatic carbocycles. The Bertz CT molecular complexity index is 386. The Morgan fingerprint density at radius 3 is 2.29 bits per heavy atom. The van der Waals surface area contributed by atoms with Crippen LogP contribution in [0.3, 0.4) is 0 Å². The largest absolute Gasteiger partial charge is 0.315 e. The van der Waals surface area contributed by atoms with Crippen molar-refractivity contribution >= 4 is 18.5 Å². The quantitative estimate of drug-likeness (QED) is 0.694. The lowest BCUT2D eigenvalue weighted by Crippen LogP contribution is -2.08. The van der Waals surface area contributed by atoms with Crippen LogP contribution in [0.25, 0.3) is 0 Å². The minimum atomic E-state index is -1.91. The molecule has 1 heterocycles. The van der Waals surface area contributed by atoms with Crippen LogP contribution in [-0.2, 0) is 4.57 Å². The third-order valence-electron chi connectivity index (χ3n) is 1.93. The summed E-state index contributed by atoms with van der Waals surface area (Å²) in [6.45, 7) is 0. The molecule has 0 fully saturated rings. The summed E-state index contributed by atoms with van der Waals surface area (Å²) in [5, 5.41) is 0.858. The molecule has 1 unspecified atom stereocenters. The molecule has 0 radical (unpaired) electrons. The molecule has 1 atom stereocenters. The monoisotopic (exact) mass is 203 g/mol. The van der Waals surface area contributed by atoms with E-state index in [4.69, 9.17) is 0 Å². The van der Waals surface area contributed by atoms with E-state index in [1.54, 1.807) is 12.3 Å². The average molecular weight is 203 g/mol. The second-order valence-corrected chi connectivity index (χ2v) is 4.66. The SMILES string of the molecule is O=[PH](c1ccccc1)c1ccccn1. The molecule has 0 saturated heterocycles. The summed E-state index contributed by atoms with van der Waals surface area (Å²) in [5.74, 6) is 0. The number of pyridine rings is 1. The fourth-order valence-corrected chi connectivity index (χ4v) is 2.46. The molecule has 1 aromatic carbocycles. The predicted molar refractivity (Wildman–Crippen MR) is 58.9 cm³/mol. The Balaban J connectivity index is 2.35. The maximum atomic E-state index is 12.0. The zero-order valence-electron chi connectivity index (χ0n) is 7.55. The highest BCUT2D eigenvalue weighted by molar-refractivity contribution is 7.61. The van der Waals surface area contributed by atoms with Gasteiger partial charge in [0.1, 0.15) is 13.2 Å². The minimum absolute atomic E-state index is 0.670. The molecule has 0 aliphatic rings. The van der Waals surface area contributed by atoms with Crippen LogP contribution in [0.15, 0.2) is 54.7 Å². The average Bonchev–Trinajstić information content (AvgIpc) is 2.30. The van der Waals surface area contributed by atoms with Gasteiger partial charge in [-0.3, -0.25) is 4.98 Å². The molecule has 14 heavy (non-hydrogen) atoms. The smallest absolute Gasteiger partial charge is 0.149 e. The van der Waals surface area contributed by atoms with E-state index in [1.807, 2.05) is 42.5 Å². The van der Waals surface area contributed by atoms with Gasteiger partial charge in [-0.15, -0.1) is 0 Å². The van der Waals surface area contributed by atoms with Gasteiger partial charge in [-0.1, -0.05) is 36.4 Å². The highest BCUT2D eigenvalue weighted by Crippen LogP contribution is 2.16. The van der Waals surface area contributed by atoms with E-state index >= 15 is 0 Å². The predicted octanol–water partition coefficient (Wildman–Crippen LogP) is 1.59. The normalized spacial score (nSPS) is 12.3. The summed E-state index contributed by atoms with van der Waals surface area (Å²) < 4.78 is 12.0. The first-order valence-electron chi connectivity index (χ1n) is 4.39. The third-order valence-corrected chi connectivity index (χ3v) is 3.55. The van der Waals surface area contributed by atoms with E-state index in [-0.39, 0.29) is 0 Å². The minimum Gasteiger partial charge on any atom is -0.315 e. The Morgan fingerprint density at radius 2 is 1.64 bits per heavy atom. The number of aromatic nitrogens is 1. The van der Waals surface area contributed by atoms with Gasteiger partial charge in [0.05, 0.1) is 0 Å². The third kappa shape index (κ3) is 1.91. The van der Waals surface area contributed by atoms with Crippen LogP contribution in [0.5, 0.6) is 0 Å². The lowest BCUT2D eigenvalue weighted by molar-refractivity contribution is 0.597. The highest BCUT2D eigenvalue weighted by Gasteiger charge is 2.05. The van der Waals surface area contributed by atoms with Crippen LogP contribution in [0.2, 0.25) is 0 Å². The van der Waals surface area contributed by atoms with Gasteiger partial charge >= 0.3 is 0 Å². The maximum absolute atomic E-state index is 12.0. The van der Waals surface area contributed by atoms with Gasteiger partial charge in [-0.25, -0.2) is 0 Å². The standard InChI is InChI=1S/C11H10NOP/c13-14(10-6-2-1-3-7-10)11-8-4-5-9-12-11/h1-9,14H. The second-order valence-electron chi connectivity index (χ2n) is 2.91. The number of hydrogen-bond acceptors (Lipinski definition) is 2. The summed E-state index contributed by atoms with van der Waals surface area (Å²) >= 11 is 0. The summed E-state index contributed by atoms with van der Waals surface area (Å²) in [4.78, 5) is 4.09. The molecule has 0 spiro atoms. The topological polar surface area (TPSA) is 30.0 Å². The van der Waals surface area contributed by atoms with Crippen molar-refractivity contribution in [3.8, 4) is 0 Å². The zero-order valence-corrected chi connectivity index (χ0v) is 8.55. The Morgan fingerprint density at radius 1 is 0.929 bits per heavy atom. The Kier molecular flexibility index (Phi) is 2.76.